The first-order chi connectivity index (χ1) is 7.67. The molecule has 0 atom stereocenters. The summed E-state index contributed by atoms with van der Waals surface area (Å²) in [4.78, 5) is 18.6. The number of carbonyl (C=O) groups is 1. The van der Waals surface area contributed by atoms with E-state index in [1.165, 1.54) is 32.9 Å². The van der Waals surface area contributed by atoms with Crippen molar-refractivity contribution in [3.05, 3.63) is 29.8 Å². The molecule has 0 aliphatic heterocycles. The lowest BCUT2D eigenvalue weighted by Gasteiger charge is -2.02. The predicted octanol–water partition coefficient (Wildman–Crippen LogP) is 0.643. The highest BCUT2D eigenvalue weighted by atomic mass is 16.5. The molecule has 0 amide bonds. The third-order valence-corrected chi connectivity index (χ3v) is 1.79. The Labute approximate surface area is 92.6 Å². The molecule has 0 saturated heterocycles. The summed E-state index contributed by atoms with van der Waals surface area (Å²) < 4.78 is 9.47. The fraction of sp³-hybridized carbons (Fsp3) is 0.300. The average molecular weight is 224 g/mol. The van der Waals surface area contributed by atoms with E-state index in [0.29, 0.717) is 5.56 Å². The van der Waals surface area contributed by atoms with Gasteiger partial charge in [0.15, 0.2) is 0 Å². The molecule has 1 aromatic rings. The Morgan fingerprint density at radius 1 is 1.44 bits per heavy atom. The van der Waals surface area contributed by atoms with Crippen molar-refractivity contribution in [1.82, 2.24) is 9.97 Å². The third-order valence-electron chi connectivity index (χ3n) is 1.79. The smallest absolute Gasteiger partial charge is 0.335 e. The second kappa shape index (κ2) is 5.69. The van der Waals surface area contributed by atoms with Gasteiger partial charge in [-0.05, 0) is 5.56 Å². The molecule has 1 rings (SSSR count). The molecule has 1 N–H and O–H groups in total. The van der Waals surface area contributed by atoms with Crippen molar-refractivity contribution in [2.45, 2.75) is 6.42 Å². The van der Waals surface area contributed by atoms with E-state index >= 15 is 0 Å². The molecule has 1 aromatic heterocycles. The van der Waals surface area contributed by atoms with E-state index in [1.54, 1.807) is 0 Å². The zero-order valence-electron chi connectivity index (χ0n) is 9.01. The first kappa shape index (κ1) is 12.0. The van der Waals surface area contributed by atoms with Crippen LogP contribution in [0.3, 0.4) is 0 Å². The van der Waals surface area contributed by atoms with Gasteiger partial charge in [0.1, 0.15) is 0 Å². The summed E-state index contributed by atoms with van der Waals surface area (Å²) in [6, 6.07) is 0.247. The van der Waals surface area contributed by atoms with Gasteiger partial charge in [-0.3, -0.25) is 0 Å². The van der Waals surface area contributed by atoms with Crippen molar-refractivity contribution in [3.8, 4) is 6.01 Å². The van der Waals surface area contributed by atoms with Gasteiger partial charge in [-0.2, -0.15) is 0 Å². The van der Waals surface area contributed by atoms with Gasteiger partial charge < -0.3 is 14.6 Å². The lowest BCUT2D eigenvalue weighted by molar-refractivity contribution is -0.132. The molecule has 6 heteroatoms. The first-order valence-corrected chi connectivity index (χ1v) is 4.47. The molecule has 0 fully saturated rings. The molecule has 0 unspecified atom stereocenters. The molecule has 86 valence electrons. The number of ether oxygens (including phenoxy) is 2. The van der Waals surface area contributed by atoms with Crippen LogP contribution in [0.2, 0.25) is 0 Å². The van der Waals surface area contributed by atoms with Crippen molar-refractivity contribution in [1.29, 1.82) is 0 Å². The van der Waals surface area contributed by atoms with Crippen molar-refractivity contribution in [3.63, 3.8) is 0 Å². The topological polar surface area (TPSA) is 81.5 Å². The molecular weight excluding hydrogens is 212 g/mol. The zero-order chi connectivity index (χ0) is 12.0. The van der Waals surface area contributed by atoms with Crippen LogP contribution in [0.25, 0.3) is 0 Å². The minimum atomic E-state index is -1.03. The number of carboxylic acids is 1. The van der Waals surface area contributed by atoms with E-state index < -0.39 is 5.97 Å². The third kappa shape index (κ3) is 3.23. The second-order valence-corrected chi connectivity index (χ2v) is 2.94. The van der Waals surface area contributed by atoms with Crippen LogP contribution in [0, 0.1) is 0 Å². The maximum Gasteiger partial charge on any atom is 0.335 e. The largest absolute Gasteiger partial charge is 0.504 e. The molecule has 6 nitrogen and oxygen atoms in total. The monoisotopic (exact) mass is 224 g/mol. The van der Waals surface area contributed by atoms with Crippen LogP contribution in [-0.4, -0.2) is 35.3 Å². The van der Waals surface area contributed by atoms with Crippen LogP contribution in [0.15, 0.2) is 24.2 Å². The Morgan fingerprint density at radius 3 is 2.50 bits per heavy atom. The van der Waals surface area contributed by atoms with Gasteiger partial charge >= 0.3 is 12.0 Å². The van der Waals surface area contributed by atoms with Crippen molar-refractivity contribution >= 4 is 5.97 Å². The van der Waals surface area contributed by atoms with E-state index in [2.05, 4.69) is 14.7 Å². The highest BCUT2D eigenvalue weighted by molar-refractivity contribution is 5.86. The number of rotatable bonds is 5. The fourth-order valence-electron chi connectivity index (χ4n) is 1.07. The van der Waals surface area contributed by atoms with Gasteiger partial charge in [-0.15, -0.1) is 0 Å². The molecule has 0 bridgehead atoms. The number of aromatic nitrogens is 2. The lowest BCUT2D eigenvalue weighted by Crippen LogP contribution is -2.05. The second-order valence-electron chi connectivity index (χ2n) is 2.94. The quantitative estimate of drug-likeness (QED) is 0.584. The van der Waals surface area contributed by atoms with Crippen LogP contribution in [0.4, 0.5) is 0 Å². The summed E-state index contributed by atoms with van der Waals surface area (Å²) in [7, 11) is 2.86. The van der Waals surface area contributed by atoms with Crippen molar-refractivity contribution in [2.75, 3.05) is 14.2 Å². The summed E-state index contributed by atoms with van der Waals surface area (Å²) in [5, 5.41) is 8.85. The predicted molar refractivity (Wildman–Crippen MR) is 55.0 cm³/mol. The Morgan fingerprint density at radius 2 is 2.06 bits per heavy atom. The van der Waals surface area contributed by atoms with Crippen LogP contribution < -0.4 is 4.74 Å². The molecule has 0 radical (unpaired) electrons. The lowest BCUT2D eigenvalue weighted by atomic mass is 10.1. The summed E-state index contributed by atoms with van der Waals surface area (Å²) >= 11 is 0. The normalized spacial score (nSPS) is 11.0. The maximum absolute atomic E-state index is 10.8. The van der Waals surface area contributed by atoms with E-state index in [-0.39, 0.29) is 18.0 Å². The summed E-state index contributed by atoms with van der Waals surface area (Å²) in [6.07, 6.45) is 4.41. The Bertz CT molecular complexity index is 386. The molecule has 1 heterocycles. The van der Waals surface area contributed by atoms with Crippen LogP contribution in [-0.2, 0) is 16.0 Å². The van der Waals surface area contributed by atoms with Gasteiger partial charge in [-0.1, -0.05) is 0 Å². The molecule has 0 aromatic carbocycles. The van der Waals surface area contributed by atoms with E-state index in [0.717, 1.165) is 0 Å². The summed E-state index contributed by atoms with van der Waals surface area (Å²) in [5.74, 6) is -1.03. The zero-order valence-corrected chi connectivity index (χ0v) is 9.01. The Kier molecular flexibility index (Phi) is 4.26. The van der Waals surface area contributed by atoms with E-state index in [1.807, 2.05) is 0 Å². The number of methoxy groups -OCH3 is 2. The maximum atomic E-state index is 10.8. The number of aliphatic carboxylic acids is 1. The van der Waals surface area contributed by atoms with Gasteiger partial charge in [-0.25, -0.2) is 14.8 Å². The van der Waals surface area contributed by atoms with E-state index in [9.17, 15) is 4.79 Å². The van der Waals surface area contributed by atoms with Gasteiger partial charge in [0, 0.05) is 18.8 Å². The molecule has 0 spiro atoms. The number of hydrogen-bond donors (Lipinski definition) is 1. The van der Waals surface area contributed by atoms with Gasteiger partial charge in [0.25, 0.3) is 0 Å². The van der Waals surface area contributed by atoms with Crippen LogP contribution in [0.5, 0.6) is 6.01 Å². The fourth-order valence-corrected chi connectivity index (χ4v) is 1.07. The van der Waals surface area contributed by atoms with Gasteiger partial charge in [0.05, 0.1) is 26.1 Å². The summed E-state index contributed by atoms with van der Waals surface area (Å²) in [5.41, 5.74) is 0.808. The minimum Gasteiger partial charge on any atom is -0.504 e. The van der Waals surface area contributed by atoms with Crippen LogP contribution in [0.1, 0.15) is 5.56 Å². The first-order valence-electron chi connectivity index (χ1n) is 4.47. The summed E-state index contributed by atoms with van der Waals surface area (Å²) in [6.45, 7) is 0. The molecule has 16 heavy (non-hydrogen) atoms. The highest BCUT2D eigenvalue weighted by Gasteiger charge is 2.09. The molecular formula is C10H12N2O4. The highest BCUT2D eigenvalue weighted by Crippen LogP contribution is 2.08. The number of hydrogen-bond acceptors (Lipinski definition) is 5. The SMILES string of the molecule is COC=C(Cc1cnc(OC)nc1)C(=O)O. The Balaban J connectivity index is 2.78. The van der Waals surface area contributed by atoms with Crippen LogP contribution >= 0.6 is 0 Å². The number of nitrogens with zero attached hydrogens (tertiary/aromatic N) is 2. The van der Waals surface area contributed by atoms with Crippen molar-refractivity contribution < 1.29 is 19.4 Å². The van der Waals surface area contributed by atoms with Crippen molar-refractivity contribution in [2.24, 2.45) is 0 Å². The Hall–Kier alpha value is -2.11. The average Bonchev–Trinajstić information content (AvgIpc) is 2.29. The van der Waals surface area contributed by atoms with Gasteiger partial charge in [0.2, 0.25) is 0 Å². The molecule has 0 saturated carbocycles. The number of carboxylic acid groups (broad SMARTS) is 1. The molecule has 0 aliphatic rings. The molecule has 0 aliphatic carbocycles. The standard InChI is InChI=1S/C10H12N2O4/c1-15-6-8(9(13)14)3-7-4-11-10(16-2)12-5-7/h4-6H,3H2,1-2H3,(H,13,14). The minimum absolute atomic E-state index is 0.135. The van der Waals surface area contributed by atoms with E-state index in [4.69, 9.17) is 9.84 Å².